The zero-order valence-corrected chi connectivity index (χ0v) is 31.4. The van der Waals surface area contributed by atoms with Gasteiger partial charge in [-0.1, -0.05) is 127 Å². The van der Waals surface area contributed by atoms with Crippen molar-refractivity contribution in [1.29, 1.82) is 0 Å². The molecule has 3 heteroatoms. The first-order valence-corrected chi connectivity index (χ1v) is 20.5. The molecule has 0 N–H and O–H groups in total. The Labute approximate surface area is 330 Å². The Hall–Kier alpha value is -7.20. The lowest BCUT2D eigenvalue weighted by Gasteiger charge is -2.12. The van der Waals surface area contributed by atoms with E-state index in [0.29, 0.717) is 0 Å². The third-order valence-electron chi connectivity index (χ3n) is 12.7. The minimum atomic E-state index is 1.22. The highest BCUT2D eigenvalue weighted by atomic mass is 32.1. The average molecular weight is 739 g/mol. The van der Waals surface area contributed by atoms with Crippen molar-refractivity contribution in [2.45, 2.75) is 0 Å². The fourth-order valence-electron chi connectivity index (χ4n) is 10.3. The van der Waals surface area contributed by atoms with E-state index in [1.165, 1.54) is 130 Å². The van der Waals surface area contributed by atoms with Crippen LogP contribution < -0.4 is 0 Å². The van der Waals surface area contributed by atoms with Gasteiger partial charge in [0, 0.05) is 63.3 Å². The van der Waals surface area contributed by atoms with Gasteiger partial charge in [0.15, 0.2) is 0 Å². The van der Waals surface area contributed by atoms with Crippen LogP contribution >= 0.6 is 11.3 Å². The molecule has 0 saturated carbocycles. The fourth-order valence-corrected chi connectivity index (χ4v) is 11.5. The highest BCUT2D eigenvalue weighted by Gasteiger charge is 2.25. The third-order valence-corrected chi connectivity index (χ3v) is 13.9. The second-order valence-corrected chi connectivity index (χ2v) is 16.7. The van der Waals surface area contributed by atoms with Gasteiger partial charge in [-0.2, -0.15) is 0 Å². The molecular formula is C54H30N2S. The van der Waals surface area contributed by atoms with E-state index < -0.39 is 0 Å². The molecule has 14 rings (SSSR count). The first kappa shape index (κ1) is 30.1. The third kappa shape index (κ3) is 3.89. The monoisotopic (exact) mass is 738 g/mol. The van der Waals surface area contributed by atoms with Crippen molar-refractivity contribution in [2.24, 2.45) is 0 Å². The largest absolute Gasteiger partial charge is 0.308 e. The Morgan fingerprint density at radius 3 is 1.58 bits per heavy atom. The Morgan fingerprint density at radius 1 is 0.281 bits per heavy atom. The smallest absolute Gasteiger partial charge is 0.0635 e. The van der Waals surface area contributed by atoms with Crippen molar-refractivity contribution < 1.29 is 0 Å². The van der Waals surface area contributed by atoms with Crippen molar-refractivity contribution in [2.75, 3.05) is 0 Å². The van der Waals surface area contributed by atoms with Crippen molar-refractivity contribution in [3.63, 3.8) is 0 Å². The number of rotatable bonds is 3. The van der Waals surface area contributed by atoms with Crippen LogP contribution in [0.4, 0.5) is 0 Å². The molecule has 57 heavy (non-hydrogen) atoms. The van der Waals surface area contributed by atoms with Gasteiger partial charge in [-0.05, 0) is 88.0 Å². The molecule has 0 aliphatic carbocycles. The highest BCUT2D eigenvalue weighted by molar-refractivity contribution is 7.26. The molecule has 0 saturated heterocycles. The minimum Gasteiger partial charge on any atom is -0.308 e. The number of nitrogens with zero attached hydrogens (tertiary/aromatic N) is 2. The molecule has 262 valence electrons. The second-order valence-electron chi connectivity index (χ2n) is 15.7. The first-order chi connectivity index (χ1) is 28.3. The van der Waals surface area contributed by atoms with Gasteiger partial charge < -0.3 is 8.80 Å². The molecule has 14 aromatic rings. The van der Waals surface area contributed by atoms with Crippen molar-refractivity contribution in [3.05, 3.63) is 182 Å². The Morgan fingerprint density at radius 2 is 0.842 bits per heavy atom. The predicted octanol–water partition coefficient (Wildman–Crippen LogP) is 15.4. The van der Waals surface area contributed by atoms with Gasteiger partial charge in [-0.25, -0.2) is 0 Å². The van der Waals surface area contributed by atoms with Crippen molar-refractivity contribution in [3.8, 4) is 33.4 Å². The molecule has 9 aromatic carbocycles. The summed E-state index contributed by atoms with van der Waals surface area (Å²) in [5.41, 5.74) is 15.0. The van der Waals surface area contributed by atoms with Crippen molar-refractivity contribution in [1.82, 2.24) is 8.80 Å². The standard InChI is InChI=1S/C54H30N2S/c1-3-12-31(13-4-1)34-24-35(32-14-5-2-6-15-32)26-36(25-34)33-22-23-41-47(27-33)56-49-29-42-40-19-11-18-39-37-16-7-9-20-46(37)55(52(39)40)48(42)30-43(49)44-28-45-38-17-8-10-21-50(38)57-54(45)51(41)53(44)56/h1-30H. The lowest BCUT2D eigenvalue weighted by molar-refractivity contribution is 1.36. The molecule has 0 atom stereocenters. The molecule has 0 bridgehead atoms. The van der Waals surface area contributed by atoms with Crippen LogP contribution in [0.15, 0.2) is 182 Å². The van der Waals surface area contributed by atoms with Crippen LogP contribution in [0, 0.1) is 0 Å². The Balaban J connectivity index is 1.13. The SMILES string of the molecule is c1ccc(-c2cc(-c3ccccc3)cc(-c3ccc4c5c6sc7ccccc7c6cc6c7cc8c(cc7n(c4c3)c65)c3cccc4c5ccccc5n8c43)c2)cc1. The lowest BCUT2D eigenvalue weighted by Crippen LogP contribution is -1.87. The number of thiophene rings is 1. The fraction of sp³-hybridized carbons (Fsp3) is 0. The number of hydrogen-bond donors (Lipinski definition) is 0. The number of para-hydroxylation sites is 2. The van der Waals surface area contributed by atoms with Crippen LogP contribution in [0.1, 0.15) is 0 Å². The number of hydrogen-bond acceptors (Lipinski definition) is 1. The molecule has 0 fully saturated rings. The van der Waals surface area contributed by atoms with E-state index in [-0.39, 0.29) is 0 Å². The van der Waals surface area contributed by atoms with E-state index in [1.807, 2.05) is 11.3 Å². The van der Waals surface area contributed by atoms with Crippen LogP contribution in [-0.4, -0.2) is 8.80 Å². The van der Waals surface area contributed by atoms with Gasteiger partial charge >= 0.3 is 0 Å². The van der Waals surface area contributed by atoms with Crippen LogP contribution in [0.5, 0.6) is 0 Å². The van der Waals surface area contributed by atoms with Gasteiger partial charge in [-0.3, -0.25) is 0 Å². The Bertz CT molecular complexity index is 3900. The maximum absolute atomic E-state index is 2.59. The molecule has 0 aliphatic heterocycles. The van der Waals surface area contributed by atoms with Gasteiger partial charge in [0.25, 0.3) is 0 Å². The molecule has 0 amide bonds. The molecule has 0 spiro atoms. The number of aromatic nitrogens is 2. The van der Waals surface area contributed by atoms with E-state index in [9.17, 15) is 0 Å². The molecule has 0 aliphatic rings. The number of benzene rings is 9. The zero-order valence-electron chi connectivity index (χ0n) is 30.6. The molecular weight excluding hydrogens is 709 g/mol. The maximum Gasteiger partial charge on any atom is 0.0635 e. The van der Waals surface area contributed by atoms with Crippen LogP contribution in [-0.2, 0) is 0 Å². The summed E-state index contributed by atoms with van der Waals surface area (Å²) in [4.78, 5) is 0. The van der Waals surface area contributed by atoms with Crippen LogP contribution in [0.3, 0.4) is 0 Å². The maximum atomic E-state index is 2.59. The highest BCUT2D eigenvalue weighted by Crippen LogP contribution is 2.50. The second kappa shape index (κ2) is 10.8. The topological polar surface area (TPSA) is 8.82 Å². The summed E-state index contributed by atoms with van der Waals surface area (Å²) in [6, 6.07) is 67.9. The van der Waals surface area contributed by atoms with Gasteiger partial charge in [0.05, 0.1) is 33.1 Å². The van der Waals surface area contributed by atoms with E-state index in [1.54, 1.807) is 0 Å². The van der Waals surface area contributed by atoms with E-state index >= 15 is 0 Å². The molecule has 0 unspecified atom stereocenters. The summed E-state index contributed by atoms with van der Waals surface area (Å²) in [7, 11) is 0. The van der Waals surface area contributed by atoms with E-state index in [0.717, 1.165) is 0 Å². The summed E-state index contributed by atoms with van der Waals surface area (Å²) in [6.07, 6.45) is 0. The molecule has 0 radical (unpaired) electrons. The summed E-state index contributed by atoms with van der Waals surface area (Å²) in [5, 5.41) is 13.2. The summed E-state index contributed by atoms with van der Waals surface area (Å²) in [6.45, 7) is 0. The quantitative estimate of drug-likeness (QED) is 0.171. The van der Waals surface area contributed by atoms with Gasteiger partial charge in [-0.15, -0.1) is 11.3 Å². The molecule has 5 aromatic heterocycles. The zero-order chi connectivity index (χ0) is 36.9. The number of fused-ring (bicyclic) bond motifs is 16. The lowest BCUT2D eigenvalue weighted by atomic mass is 9.93. The summed E-state index contributed by atoms with van der Waals surface area (Å²) >= 11 is 1.93. The molecule has 2 nitrogen and oxygen atoms in total. The summed E-state index contributed by atoms with van der Waals surface area (Å²) < 4.78 is 7.81. The molecule has 5 heterocycles. The van der Waals surface area contributed by atoms with Gasteiger partial charge in [0.1, 0.15) is 0 Å². The first-order valence-electron chi connectivity index (χ1n) is 19.7. The minimum absolute atomic E-state index is 1.22. The van der Waals surface area contributed by atoms with E-state index in [2.05, 4.69) is 191 Å². The van der Waals surface area contributed by atoms with E-state index in [4.69, 9.17) is 0 Å². The van der Waals surface area contributed by atoms with Crippen LogP contribution in [0.2, 0.25) is 0 Å². The Kier molecular flexibility index (Phi) is 5.68. The average Bonchev–Trinajstić information content (AvgIpc) is 4.07. The van der Waals surface area contributed by atoms with Crippen molar-refractivity contribution >= 4 is 108 Å². The predicted molar refractivity (Wildman–Crippen MR) is 245 cm³/mol. The normalized spacial score (nSPS) is 12.6. The summed E-state index contributed by atoms with van der Waals surface area (Å²) in [5.74, 6) is 0. The van der Waals surface area contributed by atoms with Crippen LogP contribution in [0.25, 0.3) is 130 Å². The van der Waals surface area contributed by atoms with Gasteiger partial charge in [0.2, 0.25) is 0 Å².